The van der Waals surface area contributed by atoms with Crippen molar-refractivity contribution in [2.75, 3.05) is 36.0 Å². The summed E-state index contributed by atoms with van der Waals surface area (Å²) in [6, 6.07) is 17.9. The molecular weight excluding hydrogens is 534 g/mol. The summed E-state index contributed by atoms with van der Waals surface area (Å²) in [5, 5.41) is 1.55. The summed E-state index contributed by atoms with van der Waals surface area (Å²) in [7, 11) is 0. The molecule has 3 aliphatic rings. The van der Waals surface area contributed by atoms with Gasteiger partial charge < -0.3 is 19.3 Å². The van der Waals surface area contributed by atoms with E-state index < -0.39 is 0 Å². The molecule has 1 spiro atoms. The zero-order valence-corrected chi connectivity index (χ0v) is 23.9. The van der Waals surface area contributed by atoms with Gasteiger partial charge in [0.2, 0.25) is 5.91 Å². The van der Waals surface area contributed by atoms with E-state index in [-0.39, 0.29) is 11.8 Å². The van der Waals surface area contributed by atoms with Crippen molar-refractivity contribution >= 4 is 45.7 Å². The Morgan fingerprint density at radius 2 is 1.63 bits per heavy atom. The van der Waals surface area contributed by atoms with Crippen LogP contribution in [0.5, 0.6) is 0 Å². The van der Waals surface area contributed by atoms with Gasteiger partial charge in [0.15, 0.2) is 0 Å². The summed E-state index contributed by atoms with van der Waals surface area (Å²) in [6.45, 7) is 4.89. The molecule has 2 saturated heterocycles. The van der Waals surface area contributed by atoms with Crippen LogP contribution in [0.15, 0.2) is 73.2 Å². The van der Waals surface area contributed by atoms with Gasteiger partial charge in [0.1, 0.15) is 0 Å². The molecule has 210 valence electrons. The van der Waals surface area contributed by atoms with Crippen LogP contribution in [0, 0.1) is 5.41 Å². The largest absolute Gasteiger partial charge is 0.371 e. The van der Waals surface area contributed by atoms with Gasteiger partial charge in [-0.05, 0) is 67.0 Å². The second-order valence-electron chi connectivity index (χ2n) is 11.7. The SMILES string of the molecule is O=C(CCn1ccc2cccc(N3Cc4cccc(Cl)c4C3=O)c21)N1CCC2(CC1)CCN(c1ccncc1)CC2. The average molecular weight is 568 g/mol. The summed E-state index contributed by atoms with van der Waals surface area (Å²) in [6.07, 6.45) is 10.7. The highest BCUT2D eigenvalue weighted by Crippen LogP contribution is 2.42. The number of likely N-dealkylation sites (tertiary alicyclic amines) is 1. The van der Waals surface area contributed by atoms with E-state index in [0.29, 0.717) is 35.5 Å². The number of para-hydroxylation sites is 1. The Hall–Kier alpha value is -3.84. The van der Waals surface area contributed by atoms with Crippen molar-refractivity contribution in [1.82, 2.24) is 14.5 Å². The topological polar surface area (TPSA) is 61.7 Å². The van der Waals surface area contributed by atoms with Gasteiger partial charge in [0.25, 0.3) is 5.91 Å². The van der Waals surface area contributed by atoms with Gasteiger partial charge in [-0.1, -0.05) is 35.9 Å². The van der Waals surface area contributed by atoms with Crippen molar-refractivity contribution in [2.45, 2.75) is 45.2 Å². The van der Waals surface area contributed by atoms with Crippen molar-refractivity contribution < 1.29 is 9.59 Å². The van der Waals surface area contributed by atoms with E-state index in [4.69, 9.17) is 11.6 Å². The first-order valence-corrected chi connectivity index (χ1v) is 15.0. The summed E-state index contributed by atoms with van der Waals surface area (Å²) in [5.74, 6) is 0.139. The molecule has 0 radical (unpaired) electrons. The number of nitrogens with zero attached hydrogens (tertiary/aromatic N) is 5. The molecule has 8 heteroatoms. The minimum Gasteiger partial charge on any atom is -0.371 e. The van der Waals surface area contributed by atoms with Gasteiger partial charge in [-0.15, -0.1) is 0 Å². The molecular formula is C33H34ClN5O2. The summed E-state index contributed by atoms with van der Waals surface area (Å²) in [5.41, 5.74) is 4.98. The maximum absolute atomic E-state index is 13.4. The number of halogens is 1. The molecule has 4 aromatic rings. The Bertz CT molecular complexity index is 1600. The molecule has 3 aliphatic heterocycles. The van der Waals surface area contributed by atoms with Gasteiger partial charge >= 0.3 is 0 Å². The van der Waals surface area contributed by atoms with Gasteiger partial charge in [0, 0.05) is 68.8 Å². The van der Waals surface area contributed by atoms with E-state index >= 15 is 0 Å². The number of piperidine rings is 2. The van der Waals surface area contributed by atoms with Crippen LogP contribution in [0.4, 0.5) is 11.4 Å². The van der Waals surface area contributed by atoms with Crippen LogP contribution < -0.4 is 9.80 Å². The third-order valence-corrected chi connectivity index (χ3v) is 9.86. The third kappa shape index (κ3) is 4.76. The molecule has 7 rings (SSSR count). The van der Waals surface area contributed by atoms with Crippen LogP contribution in [0.3, 0.4) is 0 Å². The van der Waals surface area contributed by atoms with E-state index in [2.05, 4.69) is 43.6 Å². The molecule has 0 unspecified atom stereocenters. The lowest BCUT2D eigenvalue weighted by Gasteiger charge is -2.47. The molecule has 0 N–H and O–H groups in total. The van der Waals surface area contributed by atoms with Gasteiger partial charge in [0.05, 0.1) is 28.3 Å². The van der Waals surface area contributed by atoms with Crippen molar-refractivity contribution in [1.29, 1.82) is 0 Å². The molecule has 2 fully saturated rings. The lowest BCUT2D eigenvalue weighted by molar-refractivity contribution is -0.134. The highest BCUT2D eigenvalue weighted by Gasteiger charge is 2.38. The Balaban J connectivity index is 0.992. The smallest absolute Gasteiger partial charge is 0.260 e. The van der Waals surface area contributed by atoms with E-state index in [9.17, 15) is 9.59 Å². The van der Waals surface area contributed by atoms with Crippen LogP contribution in [-0.2, 0) is 17.9 Å². The van der Waals surface area contributed by atoms with Crippen molar-refractivity contribution in [2.24, 2.45) is 5.41 Å². The number of carbonyl (C=O) groups is 2. The van der Waals surface area contributed by atoms with Crippen molar-refractivity contribution in [3.63, 3.8) is 0 Å². The predicted octanol–water partition coefficient (Wildman–Crippen LogP) is 6.15. The third-order valence-electron chi connectivity index (χ3n) is 9.54. The van der Waals surface area contributed by atoms with Gasteiger partial charge in [-0.2, -0.15) is 0 Å². The fourth-order valence-corrected chi connectivity index (χ4v) is 7.33. The second-order valence-corrected chi connectivity index (χ2v) is 12.1. The minimum absolute atomic E-state index is 0.0733. The van der Waals surface area contributed by atoms with E-state index in [1.807, 2.05) is 42.9 Å². The minimum atomic E-state index is -0.0733. The number of pyridine rings is 1. The first-order chi connectivity index (χ1) is 20.0. The number of aromatic nitrogens is 2. The van der Waals surface area contributed by atoms with Gasteiger partial charge in [-0.3, -0.25) is 14.6 Å². The monoisotopic (exact) mass is 567 g/mol. The number of hydrogen-bond acceptors (Lipinski definition) is 4. The van der Waals surface area contributed by atoms with Crippen LogP contribution in [0.25, 0.3) is 10.9 Å². The normalized spacial score (nSPS) is 18.4. The Labute approximate surface area is 245 Å². The number of rotatable bonds is 5. The predicted molar refractivity (Wildman–Crippen MR) is 162 cm³/mol. The van der Waals surface area contributed by atoms with E-state index in [0.717, 1.165) is 61.2 Å². The van der Waals surface area contributed by atoms with Crippen molar-refractivity contribution in [3.05, 3.63) is 89.3 Å². The summed E-state index contributed by atoms with van der Waals surface area (Å²) >= 11 is 6.38. The number of hydrogen-bond donors (Lipinski definition) is 0. The number of fused-ring (bicyclic) bond motifs is 2. The molecule has 2 aromatic heterocycles. The quantitative estimate of drug-likeness (QED) is 0.290. The van der Waals surface area contributed by atoms with E-state index in [1.54, 1.807) is 11.0 Å². The zero-order chi connectivity index (χ0) is 28.0. The maximum atomic E-state index is 13.4. The lowest BCUT2D eigenvalue weighted by Crippen LogP contribution is -2.48. The molecule has 0 bridgehead atoms. The molecule has 0 aliphatic carbocycles. The fourth-order valence-electron chi connectivity index (χ4n) is 7.06. The molecule has 41 heavy (non-hydrogen) atoms. The molecule has 0 saturated carbocycles. The first-order valence-electron chi connectivity index (χ1n) is 14.6. The molecule has 5 heterocycles. The first kappa shape index (κ1) is 26.1. The van der Waals surface area contributed by atoms with Crippen LogP contribution in [-0.4, -0.2) is 52.4 Å². The summed E-state index contributed by atoms with van der Waals surface area (Å²) in [4.78, 5) is 37.2. The van der Waals surface area contributed by atoms with E-state index in [1.165, 1.54) is 18.5 Å². The highest BCUT2D eigenvalue weighted by atomic mass is 35.5. The molecule has 7 nitrogen and oxygen atoms in total. The Morgan fingerprint density at radius 1 is 0.902 bits per heavy atom. The lowest BCUT2D eigenvalue weighted by atomic mass is 9.71. The molecule has 2 aromatic carbocycles. The van der Waals surface area contributed by atoms with Crippen LogP contribution >= 0.6 is 11.6 Å². The molecule has 0 atom stereocenters. The fraction of sp³-hybridized carbons (Fsp3) is 0.364. The summed E-state index contributed by atoms with van der Waals surface area (Å²) < 4.78 is 2.13. The number of benzene rings is 2. The number of carbonyl (C=O) groups excluding carboxylic acids is 2. The second kappa shape index (κ2) is 10.5. The van der Waals surface area contributed by atoms with Crippen molar-refractivity contribution in [3.8, 4) is 0 Å². The zero-order valence-electron chi connectivity index (χ0n) is 23.1. The average Bonchev–Trinajstić information content (AvgIpc) is 3.58. The number of anilines is 2. The molecule has 2 amide bonds. The van der Waals surface area contributed by atoms with Gasteiger partial charge in [-0.25, -0.2) is 0 Å². The maximum Gasteiger partial charge on any atom is 0.260 e. The Kier molecular flexibility index (Phi) is 6.70. The van der Waals surface area contributed by atoms with Crippen LogP contribution in [0.2, 0.25) is 5.02 Å². The Morgan fingerprint density at radius 3 is 2.39 bits per heavy atom. The number of amides is 2. The number of aryl methyl sites for hydroxylation is 1. The standard InChI is InChI=1S/C33H34ClN5O2/c34-27-5-1-4-25-23-39(32(41)30(25)27)28-6-2-3-24-9-17-38(31(24)28)18-10-29(40)37-21-13-33(14-22-37)11-19-36(20-12-33)26-7-15-35-16-8-26/h1-9,15-17H,10-14,18-23H2. The van der Waals surface area contributed by atoms with Crippen LogP contribution in [0.1, 0.15) is 48.0 Å². The highest BCUT2D eigenvalue weighted by molar-refractivity contribution is 6.35.